The van der Waals surface area contributed by atoms with Crippen LogP contribution in [0.25, 0.3) is 11.4 Å². The Hall–Kier alpha value is -2.54. The second kappa shape index (κ2) is 6.07. The summed E-state index contributed by atoms with van der Waals surface area (Å²) in [5.74, 6) is 1.39. The van der Waals surface area contributed by atoms with Crippen molar-refractivity contribution in [1.82, 2.24) is 15.0 Å². The molecule has 0 amide bonds. The van der Waals surface area contributed by atoms with E-state index in [0.29, 0.717) is 25.6 Å². The number of aromatic nitrogens is 3. The maximum atomic E-state index is 12.4. The van der Waals surface area contributed by atoms with Gasteiger partial charge in [0.25, 0.3) is 0 Å². The van der Waals surface area contributed by atoms with E-state index in [-0.39, 0.29) is 11.9 Å². The van der Waals surface area contributed by atoms with E-state index in [1.807, 2.05) is 25.1 Å². The normalized spacial score (nSPS) is 25.0. The molecular weight excluding hydrogens is 320 g/mol. The Morgan fingerprint density at radius 3 is 3.08 bits per heavy atom. The Morgan fingerprint density at radius 1 is 1.44 bits per heavy atom. The van der Waals surface area contributed by atoms with Crippen molar-refractivity contribution >= 4 is 11.8 Å². The summed E-state index contributed by atoms with van der Waals surface area (Å²) >= 11 is 0. The summed E-state index contributed by atoms with van der Waals surface area (Å²) in [5.41, 5.74) is 1.16. The van der Waals surface area contributed by atoms with Gasteiger partial charge in [0.15, 0.2) is 5.82 Å². The standard InChI is InChI=1S/C18H20N4O3/c1-12-6-15(21-16(20-12)13-4-3-5-19-7-13)22-8-14-9-25-11-18(14,10-22)17(23)24-2/h3-7,14H,8-11H2,1-2H3/t14-,18-/m0/s1. The number of hydrogen-bond donors (Lipinski definition) is 0. The van der Waals surface area contributed by atoms with Crippen LogP contribution in [0.5, 0.6) is 0 Å². The molecule has 2 aliphatic rings. The lowest BCUT2D eigenvalue weighted by Crippen LogP contribution is -2.40. The first-order chi connectivity index (χ1) is 12.1. The van der Waals surface area contributed by atoms with Crippen molar-refractivity contribution < 1.29 is 14.3 Å². The number of esters is 1. The van der Waals surface area contributed by atoms with Crippen LogP contribution in [-0.4, -0.2) is 54.3 Å². The maximum absolute atomic E-state index is 12.4. The molecule has 2 aliphatic heterocycles. The van der Waals surface area contributed by atoms with Crippen LogP contribution in [0.2, 0.25) is 0 Å². The molecule has 7 heteroatoms. The zero-order chi connectivity index (χ0) is 17.4. The summed E-state index contributed by atoms with van der Waals surface area (Å²) in [6.45, 7) is 4.19. The zero-order valence-electron chi connectivity index (χ0n) is 14.3. The third-order valence-electron chi connectivity index (χ3n) is 5.05. The SMILES string of the molecule is COC(=O)[C@@]12COC[C@@H]1CN(c1cc(C)nc(-c3cccnc3)n1)C2. The van der Waals surface area contributed by atoms with Crippen LogP contribution in [0.15, 0.2) is 30.6 Å². The molecule has 2 aromatic heterocycles. The number of pyridine rings is 1. The molecule has 2 atom stereocenters. The number of hydrogen-bond acceptors (Lipinski definition) is 7. The molecular formula is C18H20N4O3. The molecule has 2 saturated heterocycles. The van der Waals surface area contributed by atoms with Crippen LogP contribution in [0, 0.1) is 18.3 Å². The lowest BCUT2D eigenvalue weighted by Gasteiger charge is -2.24. The number of rotatable bonds is 3. The number of carbonyl (C=O) groups excluding carboxylic acids is 1. The lowest BCUT2D eigenvalue weighted by molar-refractivity contribution is -0.152. The molecule has 4 heterocycles. The minimum atomic E-state index is -0.595. The van der Waals surface area contributed by atoms with Gasteiger partial charge in [-0.15, -0.1) is 0 Å². The van der Waals surface area contributed by atoms with Gasteiger partial charge >= 0.3 is 5.97 Å². The first kappa shape index (κ1) is 16.0. The zero-order valence-corrected chi connectivity index (χ0v) is 14.3. The highest BCUT2D eigenvalue weighted by molar-refractivity contribution is 5.80. The van der Waals surface area contributed by atoms with Gasteiger partial charge in [0.2, 0.25) is 0 Å². The molecule has 2 fully saturated rings. The molecule has 4 rings (SSSR count). The fourth-order valence-corrected chi connectivity index (χ4v) is 3.74. The van der Waals surface area contributed by atoms with Gasteiger partial charge in [-0.1, -0.05) is 0 Å². The second-order valence-electron chi connectivity index (χ2n) is 6.67. The quantitative estimate of drug-likeness (QED) is 0.783. The summed E-state index contributed by atoms with van der Waals surface area (Å²) in [4.78, 5) is 27.9. The van der Waals surface area contributed by atoms with E-state index in [0.717, 1.165) is 23.6 Å². The average Bonchev–Trinajstić information content (AvgIpc) is 3.19. The minimum absolute atomic E-state index is 0.122. The lowest BCUT2D eigenvalue weighted by atomic mass is 9.81. The van der Waals surface area contributed by atoms with Crippen LogP contribution in [0.4, 0.5) is 5.82 Å². The van der Waals surface area contributed by atoms with Gasteiger partial charge in [-0.2, -0.15) is 0 Å². The smallest absolute Gasteiger partial charge is 0.316 e. The monoisotopic (exact) mass is 340 g/mol. The number of fused-ring (bicyclic) bond motifs is 1. The number of nitrogens with zero attached hydrogens (tertiary/aromatic N) is 4. The van der Waals surface area contributed by atoms with E-state index in [1.54, 1.807) is 12.4 Å². The van der Waals surface area contributed by atoms with Gasteiger partial charge in [-0.3, -0.25) is 9.78 Å². The van der Waals surface area contributed by atoms with Gasteiger partial charge in [-0.05, 0) is 19.1 Å². The fraction of sp³-hybridized carbons (Fsp3) is 0.444. The summed E-state index contributed by atoms with van der Waals surface area (Å²) in [7, 11) is 1.43. The van der Waals surface area contributed by atoms with Crippen molar-refractivity contribution in [2.24, 2.45) is 11.3 Å². The predicted molar refractivity (Wildman–Crippen MR) is 91.0 cm³/mol. The Morgan fingerprint density at radius 2 is 2.32 bits per heavy atom. The van der Waals surface area contributed by atoms with Crippen LogP contribution in [0.1, 0.15) is 5.69 Å². The molecule has 0 aromatic carbocycles. The van der Waals surface area contributed by atoms with Crippen molar-refractivity contribution in [3.8, 4) is 11.4 Å². The number of carbonyl (C=O) groups is 1. The van der Waals surface area contributed by atoms with Crippen LogP contribution >= 0.6 is 0 Å². The Bertz CT molecular complexity index is 798. The van der Waals surface area contributed by atoms with E-state index in [4.69, 9.17) is 14.5 Å². The van der Waals surface area contributed by atoms with E-state index < -0.39 is 5.41 Å². The number of aryl methyl sites for hydroxylation is 1. The molecule has 0 unspecified atom stereocenters. The largest absolute Gasteiger partial charge is 0.468 e. The molecule has 0 aliphatic carbocycles. The topological polar surface area (TPSA) is 77.4 Å². The predicted octanol–water partition coefficient (Wildman–Crippen LogP) is 1.47. The molecule has 2 aromatic rings. The van der Waals surface area contributed by atoms with Crippen molar-refractivity contribution in [2.75, 3.05) is 38.3 Å². The number of anilines is 1. The first-order valence-electron chi connectivity index (χ1n) is 8.29. The number of methoxy groups -OCH3 is 1. The molecule has 0 N–H and O–H groups in total. The summed E-state index contributed by atoms with van der Waals surface area (Å²) < 4.78 is 10.6. The van der Waals surface area contributed by atoms with Crippen molar-refractivity contribution in [2.45, 2.75) is 6.92 Å². The first-order valence-corrected chi connectivity index (χ1v) is 8.29. The Kier molecular flexibility index (Phi) is 3.88. The molecule has 0 bridgehead atoms. The highest BCUT2D eigenvalue weighted by Crippen LogP contribution is 2.43. The van der Waals surface area contributed by atoms with E-state index in [2.05, 4.69) is 14.9 Å². The minimum Gasteiger partial charge on any atom is -0.468 e. The van der Waals surface area contributed by atoms with Crippen LogP contribution in [0.3, 0.4) is 0 Å². The van der Waals surface area contributed by atoms with Crippen LogP contribution < -0.4 is 4.90 Å². The highest BCUT2D eigenvalue weighted by Gasteiger charge is 2.57. The molecule has 130 valence electrons. The van der Waals surface area contributed by atoms with Crippen LogP contribution in [-0.2, 0) is 14.3 Å². The summed E-state index contributed by atoms with van der Waals surface area (Å²) in [6, 6.07) is 5.76. The third kappa shape index (κ3) is 2.64. The highest BCUT2D eigenvalue weighted by atomic mass is 16.5. The van der Waals surface area contributed by atoms with Crippen molar-refractivity contribution in [1.29, 1.82) is 0 Å². The molecule has 0 saturated carbocycles. The summed E-state index contributed by atoms with van der Waals surface area (Å²) in [5, 5.41) is 0. The maximum Gasteiger partial charge on any atom is 0.316 e. The average molecular weight is 340 g/mol. The molecule has 25 heavy (non-hydrogen) atoms. The molecule has 0 radical (unpaired) electrons. The summed E-state index contributed by atoms with van der Waals surface area (Å²) in [6.07, 6.45) is 3.48. The van der Waals surface area contributed by atoms with E-state index in [9.17, 15) is 4.79 Å². The van der Waals surface area contributed by atoms with E-state index >= 15 is 0 Å². The van der Waals surface area contributed by atoms with Gasteiger partial charge in [0, 0.05) is 48.7 Å². The third-order valence-corrected chi connectivity index (χ3v) is 5.05. The Labute approximate surface area is 146 Å². The van der Waals surface area contributed by atoms with Gasteiger partial charge < -0.3 is 14.4 Å². The van der Waals surface area contributed by atoms with Gasteiger partial charge in [-0.25, -0.2) is 9.97 Å². The second-order valence-corrected chi connectivity index (χ2v) is 6.67. The molecule has 0 spiro atoms. The van der Waals surface area contributed by atoms with Gasteiger partial charge in [0.1, 0.15) is 11.2 Å². The van der Waals surface area contributed by atoms with Gasteiger partial charge in [0.05, 0.1) is 20.3 Å². The van der Waals surface area contributed by atoms with Crippen molar-refractivity contribution in [3.05, 3.63) is 36.3 Å². The fourth-order valence-electron chi connectivity index (χ4n) is 3.74. The Balaban J connectivity index is 1.67. The molecule has 7 nitrogen and oxygen atoms in total. The number of ether oxygens (including phenoxy) is 2. The van der Waals surface area contributed by atoms with Crippen molar-refractivity contribution in [3.63, 3.8) is 0 Å². The van der Waals surface area contributed by atoms with E-state index in [1.165, 1.54) is 7.11 Å².